The molecular weight excluding hydrogens is 450 g/mol. The Morgan fingerprint density at radius 2 is 1.56 bits per heavy atom. The van der Waals surface area contributed by atoms with Crippen molar-refractivity contribution in [3.63, 3.8) is 0 Å². The van der Waals surface area contributed by atoms with Crippen LogP contribution in [-0.2, 0) is 16.1 Å². The van der Waals surface area contributed by atoms with E-state index in [1.165, 1.54) is 0 Å². The monoisotopic (exact) mass is 479 g/mol. The molecule has 6 nitrogen and oxygen atoms in total. The number of piperazine rings is 1. The third-order valence-electron chi connectivity index (χ3n) is 6.03. The van der Waals surface area contributed by atoms with Gasteiger partial charge >= 0.3 is 0 Å². The second-order valence-electron chi connectivity index (χ2n) is 8.54. The van der Waals surface area contributed by atoms with E-state index in [2.05, 4.69) is 9.88 Å². The van der Waals surface area contributed by atoms with Crippen LogP contribution in [0.4, 0.5) is 0 Å². The molecule has 0 aliphatic carbocycles. The number of amides is 1. The highest BCUT2D eigenvalue weighted by molar-refractivity contribution is 6.29. The van der Waals surface area contributed by atoms with E-state index in [9.17, 15) is 9.90 Å². The largest absolute Gasteiger partial charge is 0.389 e. The molecule has 0 saturated carbocycles. The molecule has 1 aliphatic heterocycles. The van der Waals surface area contributed by atoms with E-state index in [-0.39, 0.29) is 18.4 Å². The summed E-state index contributed by atoms with van der Waals surface area (Å²) >= 11 is 5.79. The molecule has 0 radical (unpaired) electrons. The first kappa shape index (κ1) is 24.4. The number of halogens is 1. The summed E-state index contributed by atoms with van der Waals surface area (Å²) in [5.41, 5.74) is 2.92. The van der Waals surface area contributed by atoms with E-state index in [0.29, 0.717) is 31.4 Å². The zero-order valence-corrected chi connectivity index (χ0v) is 19.8. The Morgan fingerprint density at radius 3 is 2.12 bits per heavy atom. The number of hydrogen-bond donors (Lipinski definition) is 1. The van der Waals surface area contributed by atoms with Crippen LogP contribution in [-0.4, -0.2) is 71.2 Å². The maximum absolute atomic E-state index is 13.5. The average molecular weight is 480 g/mol. The molecule has 1 saturated heterocycles. The Balaban J connectivity index is 1.27. The van der Waals surface area contributed by atoms with Crippen molar-refractivity contribution < 1.29 is 14.6 Å². The molecule has 0 spiro atoms. The minimum atomic E-state index is -0.594. The summed E-state index contributed by atoms with van der Waals surface area (Å²) in [6, 6.07) is 23.5. The normalized spacial score (nSPS) is 15.4. The summed E-state index contributed by atoms with van der Waals surface area (Å²) in [5.74, 6) is -0.187. The molecule has 178 valence electrons. The summed E-state index contributed by atoms with van der Waals surface area (Å²) in [6.07, 6.45) is 1.08. The van der Waals surface area contributed by atoms with Crippen LogP contribution in [0.15, 0.2) is 79.0 Å². The first-order chi connectivity index (χ1) is 16.6. The molecule has 1 unspecified atom stereocenters. The van der Waals surface area contributed by atoms with Gasteiger partial charge in [0.05, 0.1) is 25.2 Å². The van der Waals surface area contributed by atoms with Gasteiger partial charge in [-0.15, -0.1) is 0 Å². The standard InChI is InChI=1S/C27H30ClN3O3/c28-25-12-11-21(17-29-25)19-34-20-24(32)18-30-13-15-31(16-14-30)27(33)26(22-7-3-1-4-8-22)23-9-5-2-6-10-23/h1-12,17,24,26,32H,13-16,18-20H2. The van der Waals surface area contributed by atoms with Crippen molar-refractivity contribution in [2.45, 2.75) is 18.6 Å². The number of aromatic nitrogens is 1. The van der Waals surface area contributed by atoms with Crippen molar-refractivity contribution in [2.24, 2.45) is 0 Å². The Morgan fingerprint density at radius 1 is 0.941 bits per heavy atom. The van der Waals surface area contributed by atoms with E-state index in [0.717, 1.165) is 29.8 Å². The Labute approximate surface area is 205 Å². The van der Waals surface area contributed by atoms with Gasteiger partial charge in [-0.25, -0.2) is 4.98 Å². The fourth-order valence-electron chi connectivity index (χ4n) is 4.26. The quantitative estimate of drug-likeness (QED) is 0.475. The summed E-state index contributed by atoms with van der Waals surface area (Å²) in [5, 5.41) is 10.8. The SMILES string of the molecule is O=C(C(c1ccccc1)c1ccccc1)N1CCN(CC(O)COCc2ccc(Cl)nc2)CC1. The van der Waals surface area contributed by atoms with Crippen LogP contribution >= 0.6 is 11.6 Å². The second kappa shape index (κ2) is 12.1. The lowest BCUT2D eigenvalue weighted by atomic mass is 9.90. The van der Waals surface area contributed by atoms with Crippen molar-refractivity contribution in [3.05, 3.63) is 101 Å². The van der Waals surface area contributed by atoms with Crippen molar-refractivity contribution >= 4 is 17.5 Å². The number of aliphatic hydroxyl groups excluding tert-OH is 1. The lowest BCUT2D eigenvalue weighted by molar-refractivity contribution is -0.133. The van der Waals surface area contributed by atoms with Crippen LogP contribution in [0.1, 0.15) is 22.6 Å². The van der Waals surface area contributed by atoms with E-state index >= 15 is 0 Å². The minimum Gasteiger partial charge on any atom is -0.389 e. The molecular formula is C27H30ClN3O3. The molecule has 3 aromatic rings. The van der Waals surface area contributed by atoms with Gasteiger partial charge in [-0.3, -0.25) is 9.69 Å². The molecule has 0 bridgehead atoms. The summed E-state index contributed by atoms with van der Waals surface area (Å²) in [6.45, 7) is 3.86. The van der Waals surface area contributed by atoms with Gasteiger partial charge in [0.1, 0.15) is 5.15 Å². The van der Waals surface area contributed by atoms with Gasteiger partial charge in [0.15, 0.2) is 0 Å². The Hall–Kier alpha value is -2.77. The molecule has 1 atom stereocenters. The van der Waals surface area contributed by atoms with Crippen molar-refractivity contribution in [1.29, 1.82) is 0 Å². The van der Waals surface area contributed by atoms with Crippen molar-refractivity contribution in [1.82, 2.24) is 14.8 Å². The van der Waals surface area contributed by atoms with E-state index < -0.39 is 6.10 Å². The predicted octanol–water partition coefficient (Wildman–Crippen LogP) is 3.59. The zero-order valence-electron chi connectivity index (χ0n) is 19.1. The van der Waals surface area contributed by atoms with Crippen LogP contribution < -0.4 is 0 Å². The number of ether oxygens (including phenoxy) is 1. The van der Waals surface area contributed by atoms with Crippen LogP contribution in [0.25, 0.3) is 0 Å². The van der Waals surface area contributed by atoms with Crippen LogP contribution in [0.5, 0.6) is 0 Å². The second-order valence-corrected chi connectivity index (χ2v) is 8.93. The molecule has 1 aromatic heterocycles. The molecule has 7 heteroatoms. The van der Waals surface area contributed by atoms with Gasteiger partial charge in [0, 0.05) is 38.9 Å². The number of carbonyl (C=O) groups excluding carboxylic acids is 1. The highest BCUT2D eigenvalue weighted by atomic mass is 35.5. The Kier molecular flexibility index (Phi) is 8.66. The number of carbonyl (C=O) groups is 1. The molecule has 2 aromatic carbocycles. The fraction of sp³-hybridized carbons (Fsp3) is 0.333. The molecule has 1 fully saturated rings. The van der Waals surface area contributed by atoms with Crippen LogP contribution in [0, 0.1) is 0 Å². The maximum Gasteiger partial charge on any atom is 0.234 e. The lowest BCUT2D eigenvalue weighted by Crippen LogP contribution is -2.51. The fourth-order valence-corrected chi connectivity index (χ4v) is 4.37. The molecule has 4 rings (SSSR count). The van der Waals surface area contributed by atoms with E-state index in [1.807, 2.05) is 71.6 Å². The average Bonchev–Trinajstić information content (AvgIpc) is 2.87. The topological polar surface area (TPSA) is 65.9 Å². The van der Waals surface area contributed by atoms with Gasteiger partial charge in [0.25, 0.3) is 0 Å². The smallest absolute Gasteiger partial charge is 0.234 e. The summed E-state index contributed by atoms with van der Waals surface area (Å²) < 4.78 is 5.63. The first-order valence-corrected chi connectivity index (χ1v) is 11.9. The number of rotatable bonds is 9. The number of nitrogens with zero attached hydrogens (tertiary/aromatic N) is 3. The Bertz CT molecular complexity index is 987. The first-order valence-electron chi connectivity index (χ1n) is 11.6. The highest BCUT2D eigenvalue weighted by Gasteiger charge is 2.30. The molecule has 34 heavy (non-hydrogen) atoms. The summed E-state index contributed by atoms with van der Waals surface area (Å²) in [7, 11) is 0. The number of benzene rings is 2. The van der Waals surface area contributed by atoms with Gasteiger partial charge < -0.3 is 14.7 Å². The van der Waals surface area contributed by atoms with E-state index in [1.54, 1.807) is 12.3 Å². The number of β-amino-alcohol motifs (C(OH)–C–C–N with tert-alkyl or cyclic N) is 1. The van der Waals surface area contributed by atoms with Gasteiger partial charge in [0.2, 0.25) is 5.91 Å². The third kappa shape index (κ3) is 6.64. The number of hydrogen-bond acceptors (Lipinski definition) is 5. The van der Waals surface area contributed by atoms with Gasteiger partial charge in [-0.2, -0.15) is 0 Å². The molecule has 1 aliphatic rings. The summed E-state index contributed by atoms with van der Waals surface area (Å²) in [4.78, 5) is 21.7. The molecule has 1 amide bonds. The lowest BCUT2D eigenvalue weighted by Gasteiger charge is -2.37. The minimum absolute atomic E-state index is 0.123. The number of aliphatic hydroxyl groups is 1. The van der Waals surface area contributed by atoms with Gasteiger partial charge in [-0.1, -0.05) is 78.3 Å². The van der Waals surface area contributed by atoms with E-state index in [4.69, 9.17) is 16.3 Å². The van der Waals surface area contributed by atoms with Crippen molar-refractivity contribution in [2.75, 3.05) is 39.3 Å². The number of pyridine rings is 1. The van der Waals surface area contributed by atoms with Crippen LogP contribution in [0.3, 0.4) is 0 Å². The molecule has 2 heterocycles. The maximum atomic E-state index is 13.5. The van der Waals surface area contributed by atoms with Gasteiger partial charge in [-0.05, 0) is 22.8 Å². The highest BCUT2D eigenvalue weighted by Crippen LogP contribution is 2.27. The molecule has 1 N–H and O–H groups in total. The van der Waals surface area contributed by atoms with Crippen LogP contribution in [0.2, 0.25) is 5.15 Å². The van der Waals surface area contributed by atoms with Crippen molar-refractivity contribution in [3.8, 4) is 0 Å². The predicted molar refractivity (Wildman–Crippen MR) is 133 cm³/mol. The third-order valence-corrected chi connectivity index (χ3v) is 6.26. The zero-order chi connectivity index (χ0) is 23.8.